The molecule has 0 atom stereocenters. The van der Waals surface area contributed by atoms with Gasteiger partial charge < -0.3 is 19.4 Å². The molecular weight excluding hydrogens is 460 g/mol. The van der Waals surface area contributed by atoms with Crippen molar-refractivity contribution in [2.24, 2.45) is 0 Å². The molecule has 35 heavy (non-hydrogen) atoms. The molecular formula is C27H28N4O3S. The molecule has 0 aliphatic carbocycles. The summed E-state index contributed by atoms with van der Waals surface area (Å²) in [5, 5.41) is 12.5. The predicted octanol–water partition coefficient (Wildman–Crippen LogP) is 5.24. The van der Waals surface area contributed by atoms with E-state index in [2.05, 4.69) is 32.2 Å². The second-order valence-corrected chi connectivity index (χ2v) is 8.91. The van der Waals surface area contributed by atoms with Crippen LogP contribution in [0.15, 0.2) is 78.0 Å². The minimum atomic E-state index is -0.137. The molecule has 0 radical (unpaired) electrons. The van der Waals surface area contributed by atoms with Crippen LogP contribution in [0.5, 0.6) is 11.5 Å². The number of hydrogen-bond donors (Lipinski definition) is 1. The van der Waals surface area contributed by atoms with E-state index in [1.807, 2.05) is 67.6 Å². The average Bonchev–Trinajstić information content (AvgIpc) is 3.29. The number of carbonyl (C=O) groups excluding carboxylic acids is 1. The maximum absolute atomic E-state index is 12.7. The number of methoxy groups -OCH3 is 2. The van der Waals surface area contributed by atoms with Gasteiger partial charge in [0.25, 0.3) is 0 Å². The molecule has 1 N–H and O–H groups in total. The van der Waals surface area contributed by atoms with E-state index in [0.717, 1.165) is 29.1 Å². The van der Waals surface area contributed by atoms with Crippen LogP contribution >= 0.6 is 11.8 Å². The minimum Gasteiger partial charge on any atom is -0.497 e. The highest BCUT2D eigenvalue weighted by Gasteiger charge is 2.17. The maximum atomic E-state index is 12.7. The van der Waals surface area contributed by atoms with Crippen molar-refractivity contribution in [2.45, 2.75) is 25.0 Å². The van der Waals surface area contributed by atoms with Gasteiger partial charge >= 0.3 is 0 Å². The third-order valence-electron chi connectivity index (χ3n) is 5.49. The van der Waals surface area contributed by atoms with E-state index in [0.29, 0.717) is 23.1 Å². The van der Waals surface area contributed by atoms with Crippen molar-refractivity contribution in [3.05, 3.63) is 83.9 Å². The normalized spacial score (nSPS) is 10.7. The third kappa shape index (κ3) is 6.22. The van der Waals surface area contributed by atoms with E-state index >= 15 is 0 Å². The largest absolute Gasteiger partial charge is 0.497 e. The van der Waals surface area contributed by atoms with Crippen LogP contribution in [0, 0.1) is 6.92 Å². The molecule has 180 valence electrons. The van der Waals surface area contributed by atoms with Gasteiger partial charge in [-0.2, -0.15) is 0 Å². The van der Waals surface area contributed by atoms with E-state index in [-0.39, 0.29) is 11.7 Å². The molecule has 0 aliphatic heterocycles. The summed E-state index contributed by atoms with van der Waals surface area (Å²) in [5.74, 6) is 2.22. The highest BCUT2D eigenvalue weighted by Crippen LogP contribution is 2.28. The quantitative estimate of drug-likeness (QED) is 0.308. The number of hydrogen-bond acceptors (Lipinski definition) is 6. The lowest BCUT2D eigenvalue weighted by Gasteiger charge is -2.12. The lowest BCUT2D eigenvalue weighted by Crippen LogP contribution is -2.15. The summed E-state index contributed by atoms with van der Waals surface area (Å²) in [6, 6.07) is 23.7. The van der Waals surface area contributed by atoms with Gasteiger partial charge in [0.2, 0.25) is 5.91 Å². The molecule has 1 amide bonds. The molecule has 1 heterocycles. The Hall–Kier alpha value is -3.78. The summed E-state index contributed by atoms with van der Waals surface area (Å²) in [5.41, 5.74) is 3.86. The van der Waals surface area contributed by atoms with Crippen molar-refractivity contribution in [3.8, 4) is 22.9 Å². The monoisotopic (exact) mass is 488 g/mol. The molecule has 0 spiro atoms. The highest BCUT2D eigenvalue weighted by atomic mass is 32.2. The number of carbonyl (C=O) groups is 1. The van der Waals surface area contributed by atoms with Gasteiger partial charge in [0, 0.05) is 12.1 Å². The molecule has 0 saturated carbocycles. The molecule has 4 rings (SSSR count). The van der Waals surface area contributed by atoms with Crippen LogP contribution in [0.1, 0.15) is 11.1 Å². The number of nitrogens with one attached hydrogen (secondary N) is 1. The number of rotatable bonds is 10. The smallest absolute Gasteiger partial charge is 0.234 e. The first-order valence-electron chi connectivity index (χ1n) is 11.3. The second kappa shape index (κ2) is 11.6. The van der Waals surface area contributed by atoms with E-state index in [1.165, 1.54) is 17.3 Å². The van der Waals surface area contributed by atoms with Crippen LogP contribution in [0.3, 0.4) is 0 Å². The van der Waals surface area contributed by atoms with Crippen LogP contribution < -0.4 is 14.8 Å². The van der Waals surface area contributed by atoms with Gasteiger partial charge in [-0.25, -0.2) is 0 Å². The Morgan fingerprint density at radius 3 is 2.46 bits per heavy atom. The maximum Gasteiger partial charge on any atom is 0.234 e. The molecule has 0 aliphatic rings. The topological polar surface area (TPSA) is 78.3 Å². The number of anilines is 1. The summed E-state index contributed by atoms with van der Waals surface area (Å²) >= 11 is 1.36. The molecule has 0 saturated heterocycles. The van der Waals surface area contributed by atoms with E-state index in [1.54, 1.807) is 14.2 Å². The van der Waals surface area contributed by atoms with Crippen LogP contribution in [0.2, 0.25) is 0 Å². The fourth-order valence-corrected chi connectivity index (χ4v) is 4.44. The standard InChI is InChI=1S/C27H28N4O3S/c1-19-9-14-24(34-3)23(17-19)28-25(32)18-35-27-30-29-26(21-10-12-22(33-2)13-11-21)31(27)16-15-20-7-5-4-6-8-20/h4-14,17H,15-16,18H2,1-3H3,(H,28,32). The van der Waals surface area contributed by atoms with E-state index in [9.17, 15) is 4.79 Å². The Kier molecular flexibility index (Phi) is 8.05. The lowest BCUT2D eigenvalue weighted by molar-refractivity contribution is -0.113. The number of aryl methyl sites for hydroxylation is 2. The van der Waals surface area contributed by atoms with Gasteiger partial charge in [-0.15, -0.1) is 10.2 Å². The van der Waals surface area contributed by atoms with Gasteiger partial charge in [0.15, 0.2) is 11.0 Å². The summed E-state index contributed by atoms with van der Waals surface area (Å²) in [6.07, 6.45) is 0.822. The number of aromatic nitrogens is 3. The van der Waals surface area contributed by atoms with E-state index in [4.69, 9.17) is 9.47 Å². The zero-order valence-corrected chi connectivity index (χ0v) is 20.8. The van der Waals surface area contributed by atoms with Gasteiger partial charge in [-0.05, 0) is 60.9 Å². The minimum absolute atomic E-state index is 0.137. The molecule has 8 heteroatoms. The first kappa shape index (κ1) is 24.3. The second-order valence-electron chi connectivity index (χ2n) is 7.96. The molecule has 0 bridgehead atoms. The van der Waals surface area contributed by atoms with Gasteiger partial charge in [0.05, 0.1) is 25.7 Å². The number of nitrogens with zero attached hydrogens (tertiary/aromatic N) is 3. The Balaban J connectivity index is 1.52. The van der Waals surface area contributed by atoms with Crippen molar-refractivity contribution in [1.82, 2.24) is 14.8 Å². The summed E-state index contributed by atoms with van der Waals surface area (Å²) in [4.78, 5) is 12.7. The lowest BCUT2D eigenvalue weighted by atomic mass is 10.1. The van der Waals surface area contributed by atoms with Crippen molar-refractivity contribution in [2.75, 3.05) is 25.3 Å². The fraction of sp³-hybridized carbons (Fsp3) is 0.222. The Morgan fingerprint density at radius 2 is 1.74 bits per heavy atom. The summed E-state index contributed by atoms with van der Waals surface area (Å²) < 4.78 is 12.7. The van der Waals surface area contributed by atoms with Crippen LogP contribution in [0.25, 0.3) is 11.4 Å². The van der Waals surface area contributed by atoms with Gasteiger partial charge in [-0.1, -0.05) is 48.2 Å². The number of ether oxygens (including phenoxy) is 2. The van der Waals surface area contributed by atoms with Crippen molar-refractivity contribution < 1.29 is 14.3 Å². The Labute approximate surface area is 209 Å². The van der Waals surface area contributed by atoms with Crippen LogP contribution in [0.4, 0.5) is 5.69 Å². The first-order valence-corrected chi connectivity index (χ1v) is 12.2. The summed E-state index contributed by atoms with van der Waals surface area (Å²) in [7, 11) is 3.23. The Morgan fingerprint density at radius 1 is 0.971 bits per heavy atom. The highest BCUT2D eigenvalue weighted by molar-refractivity contribution is 7.99. The average molecular weight is 489 g/mol. The van der Waals surface area contributed by atoms with Crippen LogP contribution in [-0.4, -0.2) is 40.6 Å². The van der Waals surface area contributed by atoms with Crippen molar-refractivity contribution in [1.29, 1.82) is 0 Å². The molecule has 4 aromatic rings. The Bertz CT molecular complexity index is 1270. The number of amides is 1. The van der Waals surface area contributed by atoms with Crippen molar-refractivity contribution >= 4 is 23.4 Å². The fourth-order valence-electron chi connectivity index (χ4n) is 3.67. The zero-order chi connectivity index (χ0) is 24.6. The van der Waals surface area contributed by atoms with E-state index < -0.39 is 0 Å². The number of thioether (sulfide) groups is 1. The van der Waals surface area contributed by atoms with Crippen LogP contribution in [-0.2, 0) is 17.8 Å². The van der Waals surface area contributed by atoms with Gasteiger partial charge in [-0.3, -0.25) is 4.79 Å². The van der Waals surface area contributed by atoms with Crippen molar-refractivity contribution in [3.63, 3.8) is 0 Å². The molecule has 7 nitrogen and oxygen atoms in total. The zero-order valence-electron chi connectivity index (χ0n) is 20.0. The third-order valence-corrected chi connectivity index (χ3v) is 6.46. The van der Waals surface area contributed by atoms with Gasteiger partial charge in [0.1, 0.15) is 11.5 Å². The number of benzene rings is 3. The molecule has 0 fully saturated rings. The first-order chi connectivity index (χ1) is 17.1. The predicted molar refractivity (Wildman–Crippen MR) is 139 cm³/mol. The SMILES string of the molecule is COc1ccc(-c2nnc(SCC(=O)Nc3cc(C)ccc3OC)n2CCc2ccccc2)cc1. The molecule has 3 aromatic carbocycles. The molecule has 0 unspecified atom stereocenters. The molecule has 1 aromatic heterocycles. The summed E-state index contributed by atoms with van der Waals surface area (Å²) in [6.45, 7) is 2.66.